The summed E-state index contributed by atoms with van der Waals surface area (Å²) in [5.41, 5.74) is 8.85. The van der Waals surface area contributed by atoms with Crippen molar-refractivity contribution in [3.05, 3.63) is 33.6 Å². The van der Waals surface area contributed by atoms with Gasteiger partial charge in [-0.1, -0.05) is 28.0 Å². The number of hydrogen-bond donors (Lipinski definition) is 1. The predicted octanol–water partition coefficient (Wildman–Crippen LogP) is 3.57. The first-order chi connectivity index (χ1) is 9.02. The molecule has 2 N–H and O–H groups in total. The quantitative estimate of drug-likeness (QED) is 0.934. The van der Waals surface area contributed by atoms with Gasteiger partial charge in [0.1, 0.15) is 0 Å². The lowest BCUT2D eigenvalue weighted by Gasteiger charge is -2.05. The van der Waals surface area contributed by atoms with Crippen molar-refractivity contribution < 1.29 is 4.52 Å². The van der Waals surface area contributed by atoms with Crippen molar-refractivity contribution >= 4 is 15.9 Å². The van der Waals surface area contributed by atoms with E-state index in [1.54, 1.807) is 0 Å². The van der Waals surface area contributed by atoms with Gasteiger partial charge in [0.15, 0.2) is 0 Å². The first-order valence-corrected chi connectivity index (χ1v) is 7.13. The number of aromatic nitrogens is 2. The Balaban J connectivity index is 2.33. The molecular weight excluding hydrogens is 306 g/mol. The third kappa shape index (κ3) is 3.04. The number of benzene rings is 1. The number of aryl methyl sites for hydroxylation is 2. The van der Waals surface area contributed by atoms with Gasteiger partial charge in [-0.05, 0) is 50.1 Å². The third-order valence-corrected chi connectivity index (χ3v) is 4.41. The van der Waals surface area contributed by atoms with Gasteiger partial charge in [0, 0.05) is 16.0 Å². The summed E-state index contributed by atoms with van der Waals surface area (Å²) in [4.78, 5) is 4.46. The lowest BCUT2D eigenvalue weighted by atomic mass is 10.1. The smallest absolute Gasteiger partial charge is 0.229 e. The van der Waals surface area contributed by atoms with Gasteiger partial charge in [0.05, 0.1) is 0 Å². The highest BCUT2D eigenvalue weighted by atomic mass is 79.9. The van der Waals surface area contributed by atoms with Gasteiger partial charge in [-0.3, -0.25) is 0 Å². The molecule has 0 radical (unpaired) electrons. The van der Waals surface area contributed by atoms with Crippen LogP contribution in [0.5, 0.6) is 0 Å². The van der Waals surface area contributed by atoms with Gasteiger partial charge in [-0.15, -0.1) is 0 Å². The summed E-state index contributed by atoms with van der Waals surface area (Å²) in [6.07, 6.45) is 0.847. The van der Waals surface area contributed by atoms with Crippen LogP contribution in [0.2, 0.25) is 0 Å². The molecule has 1 aromatic heterocycles. The van der Waals surface area contributed by atoms with E-state index in [2.05, 4.69) is 52.1 Å². The Bertz CT molecular complexity index is 557. The standard InChI is InChI=1S/C14H18BrN3O/c1-8(4-5-16)14-17-13(18-19-14)11-6-9(2)12(15)10(3)7-11/h6-8H,4-5,16H2,1-3H3. The van der Waals surface area contributed by atoms with Crippen molar-refractivity contribution in [2.24, 2.45) is 5.73 Å². The second-order valence-corrected chi connectivity index (χ2v) is 5.65. The zero-order valence-corrected chi connectivity index (χ0v) is 13.0. The highest BCUT2D eigenvalue weighted by Crippen LogP contribution is 2.28. The van der Waals surface area contributed by atoms with Crippen LogP contribution >= 0.6 is 15.9 Å². The molecule has 1 atom stereocenters. The van der Waals surface area contributed by atoms with Crippen molar-refractivity contribution in [2.75, 3.05) is 6.54 Å². The minimum atomic E-state index is 0.198. The zero-order valence-electron chi connectivity index (χ0n) is 11.4. The molecule has 0 saturated carbocycles. The maximum absolute atomic E-state index is 5.55. The molecule has 2 rings (SSSR count). The van der Waals surface area contributed by atoms with Gasteiger partial charge >= 0.3 is 0 Å². The first kappa shape index (κ1) is 14.2. The van der Waals surface area contributed by atoms with Gasteiger partial charge in [0.25, 0.3) is 0 Å². The lowest BCUT2D eigenvalue weighted by molar-refractivity contribution is 0.355. The Morgan fingerprint density at radius 2 is 1.95 bits per heavy atom. The SMILES string of the molecule is Cc1cc(-c2noc(C(C)CCN)n2)cc(C)c1Br. The Morgan fingerprint density at radius 1 is 1.32 bits per heavy atom. The Morgan fingerprint density at radius 3 is 2.53 bits per heavy atom. The monoisotopic (exact) mass is 323 g/mol. The summed E-state index contributed by atoms with van der Waals surface area (Å²) in [6, 6.07) is 4.11. The van der Waals surface area contributed by atoms with Crippen LogP contribution in [0.1, 0.15) is 36.3 Å². The van der Waals surface area contributed by atoms with E-state index in [-0.39, 0.29) is 5.92 Å². The van der Waals surface area contributed by atoms with Gasteiger partial charge in [-0.2, -0.15) is 4.98 Å². The van der Waals surface area contributed by atoms with Gasteiger partial charge in [-0.25, -0.2) is 0 Å². The lowest BCUT2D eigenvalue weighted by Crippen LogP contribution is -2.04. The predicted molar refractivity (Wildman–Crippen MR) is 79.0 cm³/mol. The fraction of sp³-hybridized carbons (Fsp3) is 0.429. The molecule has 2 aromatic rings. The van der Waals surface area contributed by atoms with Crippen LogP contribution < -0.4 is 5.73 Å². The average molecular weight is 324 g/mol. The van der Waals surface area contributed by atoms with Crippen molar-refractivity contribution in [3.63, 3.8) is 0 Å². The van der Waals surface area contributed by atoms with E-state index in [1.165, 1.54) is 0 Å². The second kappa shape index (κ2) is 5.84. The van der Waals surface area contributed by atoms with Gasteiger partial charge in [0.2, 0.25) is 11.7 Å². The molecule has 5 heteroatoms. The van der Waals surface area contributed by atoms with E-state index >= 15 is 0 Å². The number of hydrogen-bond acceptors (Lipinski definition) is 4. The average Bonchev–Trinajstić information content (AvgIpc) is 2.85. The molecule has 1 aromatic carbocycles. The summed E-state index contributed by atoms with van der Waals surface area (Å²) in [7, 11) is 0. The zero-order chi connectivity index (χ0) is 14.0. The van der Waals surface area contributed by atoms with E-state index in [1.807, 2.05) is 6.92 Å². The van der Waals surface area contributed by atoms with Crippen LogP contribution in [0.15, 0.2) is 21.1 Å². The third-order valence-electron chi connectivity index (χ3n) is 3.16. The van der Waals surface area contributed by atoms with E-state index in [0.717, 1.165) is 27.6 Å². The molecule has 19 heavy (non-hydrogen) atoms. The first-order valence-electron chi connectivity index (χ1n) is 6.33. The molecule has 0 spiro atoms. The van der Waals surface area contributed by atoms with E-state index in [0.29, 0.717) is 18.3 Å². The second-order valence-electron chi connectivity index (χ2n) is 4.86. The molecule has 4 nitrogen and oxygen atoms in total. The largest absolute Gasteiger partial charge is 0.339 e. The minimum Gasteiger partial charge on any atom is -0.339 e. The highest BCUT2D eigenvalue weighted by molar-refractivity contribution is 9.10. The fourth-order valence-corrected chi connectivity index (χ4v) is 2.23. The summed E-state index contributed by atoms with van der Waals surface area (Å²) < 4.78 is 6.44. The topological polar surface area (TPSA) is 64.9 Å². The Hall–Kier alpha value is -1.20. The molecule has 102 valence electrons. The number of halogens is 1. The van der Waals surface area contributed by atoms with E-state index in [9.17, 15) is 0 Å². The Kier molecular flexibility index (Phi) is 4.37. The van der Waals surface area contributed by atoms with Crippen LogP contribution in [0.3, 0.4) is 0 Å². The molecular formula is C14H18BrN3O. The van der Waals surface area contributed by atoms with Crippen LogP contribution in [0.4, 0.5) is 0 Å². The molecule has 0 aliphatic carbocycles. The number of nitrogens with zero attached hydrogens (tertiary/aromatic N) is 2. The highest BCUT2D eigenvalue weighted by Gasteiger charge is 2.15. The summed E-state index contributed by atoms with van der Waals surface area (Å²) in [5.74, 6) is 1.49. The molecule has 0 fully saturated rings. The minimum absolute atomic E-state index is 0.198. The normalized spacial score (nSPS) is 12.7. The van der Waals surface area contributed by atoms with Crippen molar-refractivity contribution in [1.82, 2.24) is 10.1 Å². The molecule has 0 aliphatic rings. The molecule has 0 amide bonds. The molecule has 1 heterocycles. The number of nitrogens with two attached hydrogens (primary N) is 1. The van der Waals surface area contributed by atoms with Crippen LogP contribution in [-0.4, -0.2) is 16.7 Å². The summed E-state index contributed by atoms with van der Waals surface area (Å²) in [5, 5.41) is 4.06. The summed E-state index contributed by atoms with van der Waals surface area (Å²) in [6.45, 7) is 6.77. The molecule has 1 unspecified atom stereocenters. The summed E-state index contributed by atoms with van der Waals surface area (Å²) >= 11 is 3.56. The molecule has 0 saturated heterocycles. The van der Waals surface area contributed by atoms with Crippen LogP contribution in [-0.2, 0) is 0 Å². The van der Waals surface area contributed by atoms with Crippen molar-refractivity contribution in [1.29, 1.82) is 0 Å². The van der Waals surface area contributed by atoms with E-state index < -0.39 is 0 Å². The fourth-order valence-electron chi connectivity index (χ4n) is 2.00. The molecule has 0 aliphatic heterocycles. The maximum atomic E-state index is 5.55. The van der Waals surface area contributed by atoms with Gasteiger partial charge < -0.3 is 10.3 Å². The van der Waals surface area contributed by atoms with Crippen LogP contribution in [0.25, 0.3) is 11.4 Å². The van der Waals surface area contributed by atoms with Crippen LogP contribution in [0, 0.1) is 13.8 Å². The molecule has 0 bridgehead atoms. The number of rotatable bonds is 4. The van der Waals surface area contributed by atoms with Crippen molar-refractivity contribution in [2.45, 2.75) is 33.1 Å². The maximum Gasteiger partial charge on any atom is 0.229 e. The van der Waals surface area contributed by atoms with Crippen molar-refractivity contribution in [3.8, 4) is 11.4 Å². The Labute approximate surface area is 121 Å². The van der Waals surface area contributed by atoms with E-state index in [4.69, 9.17) is 10.3 Å².